The molecule has 1 heterocycles. The molecular weight excluding hydrogens is 194 g/mol. The van der Waals surface area contributed by atoms with E-state index >= 15 is 0 Å². The van der Waals surface area contributed by atoms with E-state index in [0.29, 0.717) is 4.83 Å². The molecule has 0 aromatic heterocycles. The van der Waals surface area contributed by atoms with Crippen LogP contribution in [0.1, 0.15) is 20.3 Å². The average molecular weight is 206 g/mol. The molecule has 3 heteroatoms. The second-order valence-electron chi connectivity index (χ2n) is 3.40. The molecule has 1 amide bonds. The van der Waals surface area contributed by atoms with Crippen LogP contribution in [0.4, 0.5) is 0 Å². The maximum atomic E-state index is 11.1. The van der Waals surface area contributed by atoms with Crippen molar-refractivity contribution >= 4 is 21.8 Å². The number of rotatable bonds is 0. The van der Waals surface area contributed by atoms with Crippen LogP contribution in [0.15, 0.2) is 0 Å². The van der Waals surface area contributed by atoms with Gasteiger partial charge in [0.25, 0.3) is 0 Å². The van der Waals surface area contributed by atoms with Gasteiger partial charge >= 0.3 is 0 Å². The van der Waals surface area contributed by atoms with Crippen LogP contribution in [-0.2, 0) is 4.79 Å². The predicted molar refractivity (Wildman–Crippen MR) is 44.1 cm³/mol. The number of hydrogen-bond acceptors (Lipinski definition) is 1. The molecule has 1 atom stereocenters. The lowest BCUT2D eigenvalue weighted by Crippen LogP contribution is -2.46. The molecular formula is C7H12BrNO. The number of carbonyl (C=O) groups is 1. The van der Waals surface area contributed by atoms with E-state index in [9.17, 15) is 4.79 Å². The van der Waals surface area contributed by atoms with Crippen LogP contribution in [0.25, 0.3) is 0 Å². The molecule has 1 fully saturated rings. The average Bonchev–Trinajstić information content (AvgIpc) is 1.78. The van der Waals surface area contributed by atoms with Crippen LogP contribution in [0, 0.1) is 5.41 Å². The van der Waals surface area contributed by atoms with E-state index in [1.165, 1.54) is 0 Å². The number of nitrogens with one attached hydrogen (secondary N) is 1. The fourth-order valence-corrected chi connectivity index (χ4v) is 2.13. The minimum atomic E-state index is -0.188. The summed E-state index contributed by atoms with van der Waals surface area (Å²) < 4.78 is 0. The SMILES string of the molecule is CC1(C)CC(Br)CNC1=O. The molecule has 1 rings (SSSR count). The molecule has 1 aliphatic rings. The summed E-state index contributed by atoms with van der Waals surface area (Å²) in [7, 11) is 0. The van der Waals surface area contributed by atoms with Gasteiger partial charge in [0.1, 0.15) is 0 Å². The molecule has 58 valence electrons. The Morgan fingerprint density at radius 1 is 1.70 bits per heavy atom. The zero-order chi connectivity index (χ0) is 7.78. The minimum absolute atomic E-state index is 0.170. The largest absolute Gasteiger partial charge is 0.355 e. The van der Waals surface area contributed by atoms with E-state index in [2.05, 4.69) is 21.2 Å². The maximum Gasteiger partial charge on any atom is 0.225 e. The highest BCUT2D eigenvalue weighted by Gasteiger charge is 2.33. The van der Waals surface area contributed by atoms with Crippen molar-refractivity contribution in [1.29, 1.82) is 0 Å². The zero-order valence-corrected chi connectivity index (χ0v) is 7.86. The van der Waals surface area contributed by atoms with Crippen molar-refractivity contribution in [1.82, 2.24) is 5.32 Å². The Kier molecular flexibility index (Phi) is 2.04. The normalized spacial score (nSPS) is 31.5. The van der Waals surface area contributed by atoms with Gasteiger partial charge in [-0.2, -0.15) is 0 Å². The van der Waals surface area contributed by atoms with Crippen LogP contribution in [0.2, 0.25) is 0 Å². The van der Waals surface area contributed by atoms with Gasteiger partial charge in [0.15, 0.2) is 0 Å². The Morgan fingerprint density at radius 3 is 2.70 bits per heavy atom. The highest BCUT2D eigenvalue weighted by molar-refractivity contribution is 9.09. The molecule has 0 aliphatic carbocycles. The molecule has 0 aromatic carbocycles. The molecule has 1 aliphatic heterocycles. The van der Waals surface area contributed by atoms with Crippen molar-refractivity contribution in [2.75, 3.05) is 6.54 Å². The van der Waals surface area contributed by atoms with E-state index in [4.69, 9.17) is 0 Å². The predicted octanol–water partition coefficient (Wildman–Crippen LogP) is 1.30. The summed E-state index contributed by atoms with van der Waals surface area (Å²) in [5, 5.41) is 2.84. The van der Waals surface area contributed by atoms with E-state index in [1.54, 1.807) is 0 Å². The summed E-state index contributed by atoms with van der Waals surface area (Å²) in [6.45, 7) is 4.70. The summed E-state index contributed by atoms with van der Waals surface area (Å²) in [6, 6.07) is 0. The van der Waals surface area contributed by atoms with Crippen molar-refractivity contribution in [2.45, 2.75) is 25.1 Å². The van der Waals surface area contributed by atoms with E-state index < -0.39 is 0 Å². The first-order valence-electron chi connectivity index (χ1n) is 3.45. The van der Waals surface area contributed by atoms with Gasteiger partial charge in [0.2, 0.25) is 5.91 Å². The lowest BCUT2D eigenvalue weighted by atomic mass is 9.84. The monoisotopic (exact) mass is 205 g/mol. The lowest BCUT2D eigenvalue weighted by molar-refractivity contribution is -0.131. The molecule has 0 saturated carbocycles. The fourth-order valence-electron chi connectivity index (χ4n) is 1.16. The van der Waals surface area contributed by atoms with Gasteiger partial charge in [0.05, 0.1) is 0 Å². The van der Waals surface area contributed by atoms with Gasteiger partial charge < -0.3 is 5.32 Å². The Balaban J connectivity index is 2.63. The van der Waals surface area contributed by atoms with Gasteiger partial charge in [-0.05, 0) is 6.42 Å². The molecule has 0 radical (unpaired) electrons. The van der Waals surface area contributed by atoms with Gasteiger partial charge in [-0.1, -0.05) is 29.8 Å². The van der Waals surface area contributed by atoms with Gasteiger partial charge in [-0.25, -0.2) is 0 Å². The summed E-state index contributed by atoms with van der Waals surface area (Å²) in [6.07, 6.45) is 0.929. The highest BCUT2D eigenvalue weighted by Crippen LogP contribution is 2.28. The third kappa shape index (κ3) is 1.51. The number of piperidine rings is 1. The van der Waals surface area contributed by atoms with Crippen molar-refractivity contribution < 1.29 is 4.79 Å². The smallest absolute Gasteiger partial charge is 0.225 e. The van der Waals surface area contributed by atoms with Gasteiger partial charge in [0, 0.05) is 16.8 Å². The van der Waals surface area contributed by atoms with E-state index in [1.807, 2.05) is 13.8 Å². The van der Waals surface area contributed by atoms with E-state index in [-0.39, 0.29) is 11.3 Å². The molecule has 0 aromatic rings. The first-order valence-corrected chi connectivity index (χ1v) is 4.36. The Hall–Kier alpha value is -0.0500. The summed E-state index contributed by atoms with van der Waals surface area (Å²) in [5.74, 6) is 0.170. The second kappa shape index (κ2) is 2.53. The van der Waals surface area contributed by atoms with Gasteiger partial charge in [-0.3, -0.25) is 4.79 Å². The molecule has 0 bridgehead atoms. The van der Waals surface area contributed by atoms with Crippen LogP contribution < -0.4 is 5.32 Å². The Labute approximate surface area is 69.5 Å². The third-order valence-electron chi connectivity index (χ3n) is 1.83. The number of amides is 1. The summed E-state index contributed by atoms with van der Waals surface area (Å²) in [5.41, 5.74) is -0.188. The van der Waals surface area contributed by atoms with Crippen LogP contribution in [0.5, 0.6) is 0 Å². The Morgan fingerprint density at radius 2 is 2.30 bits per heavy atom. The lowest BCUT2D eigenvalue weighted by Gasteiger charge is -2.31. The molecule has 2 nitrogen and oxygen atoms in total. The first kappa shape index (κ1) is 8.05. The topological polar surface area (TPSA) is 29.1 Å². The van der Waals surface area contributed by atoms with Crippen molar-refractivity contribution in [3.63, 3.8) is 0 Å². The molecule has 1 saturated heterocycles. The second-order valence-corrected chi connectivity index (χ2v) is 4.69. The van der Waals surface area contributed by atoms with Crippen molar-refractivity contribution in [3.05, 3.63) is 0 Å². The van der Waals surface area contributed by atoms with Crippen molar-refractivity contribution in [2.24, 2.45) is 5.41 Å². The summed E-state index contributed by atoms with van der Waals surface area (Å²) in [4.78, 5) is 11.6. The third-order valence-corrected chi connectivity index (χ3v) is 2.48. The molecule has 1 N–H and O–H groups in total. The number of halogens is 1. The minimum Gasteiger partial charge on any atom is -0.355 e. The zero-order valence-electron chi connectivity index (χ0n) is 6.28. The van der Waals surface area contributed by atoms with Crippen LogP contribution >= 0.6 is 15.9 Å². The highest BCUT2D eigenvalue weighted by atomic mass is 79.9. The number of hydrogen-bond donors (Lipinski definition) is 1. The van der Waals surface area contributed by atoms with Gasteiger partial charge in [-0.15, -0.1) is 0 Å². The fraction of sp³-hybridized carbons (Fsp3) is 0.857. The Bertz CT molecular complexity index is 156. The number of carbonyl (C=O) groups excluding carboxylic acids is 1. The number of alkyl halides is 1. The van der Waals surface area contributed by atoms with E-state index in [0.717, 1.165) is 13.0 Å². The quantitative estimate of drug-likeness (QED) is 0.594. The van der Waals surface area contributed by atoms with Crippen LogP contribution in [0.3, 0.4) is 0 Å². The first-order chi connectivity index (χ1) is 4.52. The maximum absolute atomic E-state index is 11.1. The standard InChI is InChI=1S/C7H12BrNO/c1-7(2)3-5(8)4-9-6(7)10/h5H,3-4H2,1-2H3,(H,9,10). The molecule has 10 heavy (non-hydrogen) atoms. The van der Waals surface area contributed by atoms with Crippen molar-refractivity contribution in [3.8, 4) is 0 Å². The van der Waals surface area contributed by atoms with Crippen LogP contribution in [-0.4, -0.2) is 17.3 Å². The molecule has 0 spiro atoms. The summed E-state index contributed by atoms with van der Waals surface area (Å²) >= 11 is 3.48. The molecule has 1 unspecified atom stereocenters.